The third kappa shape index (κ3) is 5.29. The van der Waals surface area contributed by atoms with Crippen molar-refractivity contribution >= 4 is 34.5 Å². The smallest absolute Gasteiger partial charge is 0.407 e. The largest absolute Gasteiger partial charge is 0.480 e. The van der Waals surface area contributed by atoms with E-state index in [0.717, 1.165) is 34.8 Å². The second kappa shape index (κ2) is 9.78. The molecule has 0 saturated heterocycles. The van der Waals surface area contributed by atoms with Gasteiger partial charge in [0.25, 0.3) is 0 Å². The number of nitriles is 1. The highest BCUT2D eigenvalue weighted by atomic mass is 127. The molecule has 1 fully saturated rings. The van der Waals surface area contributed by atoms with Gasteiger partial charge in [-0.15, -0.1) is 0 Å². The zero-order valence-corrected chi connectivity index (χ0v) is 18.3. The van der Waals surface area contributed by atoms with Gasteiger partial charge in [0.2, 0.25) is 5.88 Å². The van der Waals surface area contributed by atoms with E-state index in [1.807, 2.05) is 30.3 Å². The van der Waals surface area contributed by atoms with E-state index < -0.39 is 6.09 Å². The summed E-state index contributed by atoms with van der Waals surface area (Å²) in [5, 5.41) is 22.3. The van der Waals surface area contributed by atoms with E-state index in [2.05, 4.69) is 39.0 Å². The maximum Gasteiger partial charge on any atom is 0.407 e. The lowest BCUT2D eigenvalue weighted by Gasteiger charge is -2.36. The van der Waals surface area contributed by atoms with E-state index >= 15 is 0 Å². The Labute approximate surface area is 183 Å². The van der Waals surface area contributed by atoms with Crippen molar-refractivity contribution < 1.29 is 14.6 Å². The number of rotatable bonds is 6. The fraction of sp³-hybridized carbons (Fsp3) is 0.381. The van der Waals surface area contributed by atoms with Crippen molar-refractivity contribution in [3.63, 3.8) is 0 Å². The number of nitrogens with zero attached hydrogens (tertiary/aromatic N) is 3. The van der Waals surface area contributed by atoms with Crippen molar-refractivity contribution in [2.75, 3.05) is 12.4 Å². The number of methoxy groups -OCH3 is 1. The van der Waals surface area contributed by atoms with E-state index in [0.29, 0.717) is 23.8 Å². The van der Waals surface area contributed by atoms with Crippen LogP contribution in [-0.2, 0) is 6.54 Å². The Kier molecular flexibility index (Phi) is 7.14. The predicted molar refractivity (Wildman–Crippen MR) is 118 cm³/mol. The molecule has 2 N–H and O–H groups in total. The first-order chi connectivity index (χ1) is 14.0. The van der Waals surface area contributed by atoms with Gasteiger partial charge in [-0.1, -0.05) is 30.3 Å². The van der Waals surface area contributed by atoms with E-state index in [4.69, 9.17) is 4.74 Å². The number of anilines is 1. The third-order valence-corrected chi connectivity index (χ3v) is 6.00. The lowest BCUT2D eigenvalue weighted by Crippen LogP contribution is -2.43. The average Bonchev–Trinajstić information content (AvgIpc) is 2.74. The number of hydrogen-bond acceptors (Lipinski definition) is 5. The number of pyridine rings is 1. The number of hydrogen-bond donors (Lipinski definition) is 2. The number of aromatic nitrogens is 1. The van der Waals surface area contributed by atoms with E-state index in [1.54, 1.807) is 11.0 Å². The Balaban J connectivity index is 1.63. The van der Waals surface area contributed by atoms with Gasteiger partial charge in [-0.3, -0.25) is 0 Å². The molecule has 8 heteroatoms. The van der Waals surface area contributed by atoms with Crippen LogP contribution < -0.4 is 10.1 Å². The molecule has 1 heterocycles. The van der Waals surface area contributed by atoms with Crippen molar-refractivity contribution in [3.8, 4) is 11.9 Å². The monoisotopic (exact) mass is 506 g/mol. The van der Waals surface area contributed by atoms with Crippen LogP contribution in [0.1, 0.15) is 36.8 Å². The fourth-order valence-electron chi connectivity index (χ4n) is 3.67. The highest BCUT2D eigenvalue weighted by Crippen LogP contribution is 2.29. The zero-order chi connectivity index (χ0) is 20.8. The average molecular weight is 506 g/mol. The summed E-state index contributed by atoms with van der Waals surface area (Å²) in [5.74, 6) is 1.01. The first-order valence-corrected chi connectivity index (χ1v) is 10.5. The SMILES string of the molecule is COc1nc(NC2CCC(N(Cc3ccccc3)C(=O)O)CC2)c(I)cc1C#N. The van der Waals surface area contributed by atoms with Crippen LogP contribution in [0, 0.1) is 14.9 Å². The number of halogens is 1. The van der Waals surface area contributed by atoms with Crippen LogP contribution in [0.4, 0.5) is 10.6 Å². The molecule has 0 radical (unpaired) electrons. The fourth-order valence-corrected chi connectivity index (χ4v) is 4.25. The predicted octanol–water partition coefficient (Wildman–Crippen LogP) is 4.47. The molecule has 0 aliphatic heterocycles. The molecule has 1 aliphatic carbocycles. The van der Waals surface area contributed by atoms with Gasteiger partial charge in [-0.2, -0.15) is 10.2 Å². The van der Waals surface area contributed by atoms with E-state index in [9.17, 15) is 15.2 Å². The van der Waals surface area contributed by atoms with Crippen LogP contribution in [0.5, 0.6) is 5.88 Å². The number of nitrogens with one attached hydrogen (secondary N) is 1. The van der Waals surface area contributed by atoms with Gasteiger partial charge in [0.05, 0.1) is 10.7 Å². The van der Waals surface area contributed by atoms with Crippen LogP contribution in [0.15, 0.2) is 36.4 Å². The van der Waals surface area contributed by atoms with Gasteiger partial charge in [0.1, 0.15) is 17.5 Å². The molecule has 0 spiro atoms. The molecule has 3 rings (SSSR count). The van der Waals surface area contributed by atoms with Crippen LogP contribution in [0.2, 0.25) is 0 Å². The highest BCUT2D eigenvalue weighted by Gasteiger charge is 2.29. The molecule has 2 aromatic rings. The second-order valence-corrected chi connectivity index (χ2v) is 8.20. The Hall–Kier alpha value is -2.54. The summed E-state index contributed by atoms with van der Waals surface area (Å²) >= 11 is 2.16. The second-order valence-electron chi connectivity index (χ2n) is 7.03. The van der Waals surface area contributed by atoms with E-state index in [1.165, 1.54) is 7.11 Å². The minimum absolute atomic E-state index is 0.00767. The quantitative estimate of drug-likeness (QED) is 0.562. The molecule has 0 bridgehead atoms. The molecule has 1 aromatic carbocycles. The third-order valence-electron chi connectivity index (χ3n) is 5.17. The Morgan fingerprint density at radius 3 is 2.62 bits per heavy atom. The molecule has 1 aliphatic rings. The molecule has 1 amide bonds. The van der Waals surface area contributed by atoms with Crippen LogP contribution in [0.25, 0.3) is 0 Å². The van der Waals surface area contributed by atoms with Crippen LogP contribution in [-0.4, -0.2) is 40.3 Å². The summed E-state index contributed by atoms with van der Waals surface area (Å²) in [6, 6.07) is 13.7. The maximum atomic E-state index is 11.8. The minimum atomic E-state index is -0.877. The molecule has 152 valence electrons. The number of carbonyl (C=O) groups is 1. The normalized spacial score (nSPS) is 18.5. The number of amides is 1. The number of benzene rings is 1. The van der Waals surface area contributed by atoms with Gasteiger partial charge in [0.15, 0.2) is 0 Å². The summed E-state index contributed by atoms with van der Waals surface area (Å²) in [5.41, 5.74) is 1.41. The minimum Gasteiger partial charge on any atom is -0.480 e. The Morgan fingerprint density at radius 1 is 1.34 bits per heavy atom. The van der Waals surface area contributed by atoms with E-state index in [-0.39, 0.29) is 12.1 Å². The molecular weight excluding hydrogens is 483 g/mol. The molecule has 0 unspecified atom stereocenters. The van der Waals surface area contributed by atoms with Gasteiger partial charge in [-0.05, 0) is 59.9 Å². The molecule has 1 saturated carbocycles. The molecule has 1 aromatic heterocycles. The van der Waals surface area contributed by atoms with Crippen molar-refractivity contribution in [1.82, 2.24) is 9.88 Å². The lowest BCUT2D eigenvalue weighted by atomic mass is 9.90. The van der Waals surface area contributed by atoms with Crippen LogP contribution >= 0.6 is 22.6 Å². The topological polar surface area (TPSA) is 98.5 Å². The summed E-state index contributed by atoms with van der Waals surface area (Å²) in [4.78, 5) is 17.8. The summed E-state index contributed by atoms with van der Waals surface area (Å²) in [6.07, 6.45) is 2.41. The first-order valence-electron chi connectivity index (χ1n) is 9.46. The number of carboxylic acid groups (broad SMARTS) is 1. The lowest BCUT2D eigenvalue weighted by molar-refractivity contribution is 0.105. The summed E-state index contributed by atoms with van der Waals surface area (Å²) in [7, 11) is 1.50. The Bertz CT molecular complexity index is 893. The van der Waals surface area contributed by atoms with Gasteiger partial charge in [0, 0.05) is 18.6 Å². The first kappa shape index (κ1) is 21.2. The van der Waals surface area contributed by atoms with Crippen molar-refractivity contribution in [1.29, 1.82) is 5.26 Å². The van der Waals surface area contributed by atoms with Crippen molar-refractivity contribution in [3.05, 3.63) is 51.1 Å². The molecular formula is C21H23IN4O3. The Morgan fingerprint density at radius 2 is 2.03 bits per heavy atom. The van der Waals surface area contributed by atoms with Gasteiger partial charge in [-0.25, -0.2) is 4.79 Å². The maximum absolute atomic E-state index is 11.8. The van der Waals surface area contributed by atoms with Crippen molar-refractivity contribution in [2.24, 2.45) is 0 Å². The summed E-state index contributed by atoms with van der Waals surface area (Å²) < 4.78 is 6.06. The zero-order valence-electron chi connectivity index (χ0n) is 16.1. The number of ether oxygens (including phenoxy) is 1. The summed E-state index contributed by atoms with van der Waals surface area (Å²) in [6.45, 7) is 0.408. The highest BCUT2D eigenvalue weighted by molar-refractivity contribution is 14.1. The van der Waals surface area contributed by atoms with Crippen LogP contribution in [0.3, 0.4) is 0 Å². The van der Waals surface area contributed by atoms with Gasteiger partial charge >= 0.3 is 6.09 Å². The standard InChI is InChI=1S/C21H23IN4O3/c1-29-20-15(12-23)11-18(22)19(25-20)24-16-7-9-17(10-8-16)26(21(27)28)13-14-5-3-2-4-6-14/h2-6,11,16-17H,7-10,13H2,1H3,(H,24,25)(H,27,28). The molecule has 0 atom stereocenters. The van der Waals surface area contributed by atoms with Gasteiger partial charge < -0.3 is 20.1 Å². The van der Waals surface area contributed by atoms with Crippen molar-refractivity contribution in [2.45, 2.75) is 44.3 Å². The molecule has 7 nitrogen and oxygen atoms in total. The molecule has 29 heavy (non-hydrogen) atoms.